The molecule has 0 atom stereocenters. The molecule has 1 heterocycles. The molecule has 152 valence electrons. The fraction of sp³-hybridized carbons (Fsp3) is 0.222. The van der Waals surface area contributed by atoms with Crippen LogP contribution in [0.25, 0.3) is 17.1 Å². The van der Waals surface area contributed by atoms with Crippen LogP contribution in [0.2, 0.25) is 0 Å². The van der Waals surface area contributed by atoms with Gasteiger partial charge < -0.3 is 9.30 Å². The number of nitrogens with zero attached hydrogens (tertiary/aromatic N) is 2. The number of aromatic nitrogens is 2. The molecule has 0 bridgehead atoms. The molecule has 0 aliphatic heterocycles. The number of rotatable bonds is 6. The van der Waals surface area contributed by atoms with Gasteiger partial charge in [-0.1, -0.05) is 87.5 Å². The lowest BCUT2D eigenvalue weighted by molar-refractivity contribution is 0.291. The maximum Gasteiger partial charge on any atom is 0.148 e. The number of para-hydroxylation sites is 2. The van der Waals surface area contributed by atoms with Crippen LogP contribution in [0.4, 0.5) is 0 Å². The molecule has 3 nitrogen and oxygen atoms in total. The van der Waals surface area contributed by atoms with Gasteiger partial charge in [-0.05, 0) is 40.8 Å². The molecular formula is C27H28N2O. The third-order valence-corrected chi connectivity index (χ3v) is 5.22. The molecule has 1 aromatic heterocycles. The van der Waals surface area contributed by atoms with Gasteiger partial charge in [0.2, 0.25) is 0 Å². The van der Waals surface area contributed by atoms with Gasteiger partial charge in [0.05, 0.1) is 11.0 Å². The van der Waals surface area contributed by atoms with Gasteiger partial charge in [0.15, 0.2) is 0 Å². The molecular weight excluding hydrogens is 368 g/mol. The highest BCUT2D eigenvalue weighted by Gasteiger charge is 2.14. The number of benzene rings is 3. The minimum absolute atomic E-state index is 0.137. The molecule has 0 aliphatic rings. The molecule has 3 heteroatoms. The van der Waals surface area contributed by atoms with Crippen molar-refractivity contribution in [1.82, 2.24) is 9.55 Å². The summed E-state index contributed by atoms with van der Waals surface area (Å²) in [4.78, 5) is 4.81. The van der Waals surface area contributed by atoms with Crippen LogP contribution in [0.5, 0.6) is 5.75 Å². The predicted octanol–water partition coefficient (Wildman–Crippen LogP) is 6.63. The maximum atomic E-state index is 6.09. The minimum atomic E-state index is 0.137. The van der Waals surface area contributed by atoms with E-state index in [1.807, 2.05) is 30.3 Å². The first-order valence-corrected chi connectivity index (χ1v) is 10.4. The van der Waals surface area contributed by atoms with Crippen molar-refractivity contribution in [2.75, 3.05) is 0 Å². The van der Waals surface area contributed by atoms with Crippen LogP contribution in [-0.2, 0) is 18.6 Å². The number of hydrogen-bond acceptors (Lipinski definition) is 2. The van der Waals surface area contributed by atoms with E-state index in [1.54, 1.807) is 0 Å². The van der Waals surface area contributed by atoms with Gasteiger partial charge in [0, 0.05) is 6.54 Å². The van der Waals surface area contributed by atoms with Crippen molar-refractivity contribution in [3.63, 3.8) is 0 Å². The zero-order valence-electron chi connectivity index (χ0n) is 17.9. The Morgan fingerprint density at radius 3 is 2.30 bits per heavy atom. The fourth-order valence-corrected chi connectivity index (χ4v) is 3.50. The molecule has 0 N–H and O–H groups in total. The second-order valence-corrected chi connectivity index (χ2v) is 8.50. The summed E-state index contributed by atoms with van der Waals surface area (Å²) in [5.41, 5.74) is 4.74. The molecule has 4 rings (SSSR count). The van der Waals surface area contributed by atoms with E-state index in [-0.39, 0.29) is 5.41 Å². The molecule has 0 radical (unpaired) electrons. The third-order valence-electron chi connectivity index (χ3n) is 5.22. The van der Waals surface area contributed by atoms with E-state index in [4.69, 9.17) is 9.72 Å². The summed E-state index contributed by atoms with van der Waals surface area (Å²) in [5.74, 6) is 1.79. The quantitative estimate of drug-likeness (QED) is 0.366. The highest BCUT2D eigenvalue weighted by Crippen LogP contribution is 2.25. The van der Waals surface area contributed by atoms with Gasteiger partial charge in [-0.2, -0.15) is 0 Å². The van der Waals surface area contributed by atoms with Gasteiger partial charge in [0.1, 0.15) is 18.2 Å². The van der Waals surface area contributed by atoms with Gasteiger partial charge in [-0.3, -0.25) is 0 Å². The van der Waals surface area contributed by atoms with E-state index in [0.717, 1.165) is 29.2 Å². The fourth-order valence-electron chi connectivity index (χ4n) is 3.50. The van der Waals surface area contributed by atoms with E-state index in [0.29, 0.717) is 6.61 Å². The third kappa shape index (κ3) is 4.62. The number of imidazole rings is 1. The van der Waals surface area contributed by atoms with Gasteiger partial charge in [-0.15, -0.1) is 0 Å². The Morgan fingerprint density at radius 2 is 1.57 bits per heavy atom. The summed E-state index contributed by atoms with van der Waals surface area (Å²) in [6.07, 6.45) is 4.32. The first-order chi connectivity index (χ1) is 14.5. The van der Waals surface area contributed by atoms with E-state index in [9.17, 15) is 0 Å². The van der Waals surface area contributed by atoms with Crippen molar-refractivity contribution in [1.29, 1.82) is 0 Å². The van der Waals surface area contributed by atoms with E-state index >= 15 is 0 Å². The van der Waals surface area contributed by atoms with E-state index in [2.05, 4.69) is 86.0 Å². The van der Waals surface area contributed by atoms with Crippen molar-refractivity contribution in [2.24, 2.45) is 0 Å². The van der Waals surface area contributed by atoms with E-state index in [1.165, 1.54) is 11.1 Å². The zero-order chi connectivity index (χ0) is 21.0. The van der Waals surface area contributed by atoms with Crippen molar-refractivity contribution in [3.8, 4) is 5.75 Å². The first-order valence-electron chi connectivity index (χ1n) is 10.4. The molecule has 0 spiro atoms. The van der Waals surface area contributed by atoms with Gasteiger partial charge in [-0.25, -0.2) is 4.98 Å². The summed E-state index contributed by atoms with van der Waals surface area (Å²) >= 11 is 0. The highest BCUT2D eigenvalue weighted by molar-refractivity contribution is 5.76. The monoisotopic (exact) mass is 396 g/mol. The Balaban J connectivity index is 1.53. The SMILES string of the molecule is CC(C)(C)c1ccc(OCc2nc3ccccc3n2C/C=C/c2ccccc2)cc1. The normalized spacial score (nSPS) is 12.0. The molecule has 4 aromatic rings. The number of fused-ring (bicyclic) bond motifs is 1. The van der Waals surface area contributed by atoms with Crippen molar-refractivity contribution >= 4 is 17.1 Å². The molecule has 3 aromatic carbocycles. The molecule has 0 unspecified atom stereocenters. The largest absolute Gasteiger partial charge is 0.486 e. The summed E-state index contributed by atoms with van der Waals surface area (Å²) in [7, 11) is 0. The Hall–Kier alpha value is -3.33. The second-order valence-electron chi connectivity index (χ2n) is 8.50. The summed E-state index contributed by atoms with van der Waals surface area (Å²) in [5, 5.41) is 0. The first kappa shape index (κ1) is 20.0. The minimum Gasteiger partial charge on any atom is -0.486 e. The predicted molar refractivity (Wildman–Crippen MR) is 125 cm³/mol. The molecule has 0 amide bonds. The lowest BCUT2D eigenvalue weighted by Crippen LogP contribution is -2.10. The molecule has 0 saturated carbocycles. The molecule has 0 aliphatic carbocycles. The van der Waals surface area contributed by atoms with Crippen molar-refractivity contribution in [3.05, 3.63) is 102 Å². The van der Waals surface area contributed by atoms with Crippen LogP contribution in [0.3, 0.4) is 0 Å². The summed E-state index contributed by atoms with van der Waals surface area (Å²) in [6.45, 7) is 7.83. The van der Waals surface area contributed by atoms with Gasteiger partial charge >= 0.3 is 0 Å². The van der Waals surface area contributed by atoms with E-state index < -0.39 is 0 Å². The molecule has 0 fully saturated rings. The van der Waals surface area contributed by atoms with Crippen LogP contribution in [0.15, 0.2) is 84.9 Å². The topological polar surface area (TPSA) is 27.1 Å². The van der Waals surface area contributed by atoms with Crippen LogP contribution in [-0.4, -0.2) is 9.55 Å². The van der Waals surface area contributed by atoms with Crippen molar-refractivity contribution < 1.29 is 4.74 Å². The summed E-state index contributed by atoms with van der Waals surface area (Å²) < 4.78 is 8.31. The zero-order valence-corrected chi connectivity index (χ0v) is 17.9. The Morgan fingerprint density at radius 1 is 0.867 bits per heavy atom. The number of allylic oxidation sites excluding steroid dienone is 1. The number of ether oxygens (including phenoxy) is 1. The average Bonchev–Trinajstić information content (AvgIpc) is 3.10. The Bertz CT molecular complexity index is 1130. The van der Waals surface area contributed by atoms with Gasteiger partial charge in [0.25, 0.3) is 0 Å². The standard InChI is InChI=1S/C27H28N2O/c1-27(2,3)22-15-17-23(18-16-22)30-20-26-28-24-13-7-8-14-25(24)29(26)19-9-12-21-10-5-4-6-11-21/h4-18H,19-20H2,1-3H3/b12-9+. The number of hydrogen-bond donors (Lipinski definition) is 0. The molecule has 0 saturated heterocycles. The van der Waals surface area contributed by atoms with Crippen LogP contribution in [0.1, 0.15) is 37.7 Å². The average molecular weight is 397 g/mol. The Labute approximate surface area is 178 Å². The maximum absolute atomic E-state index is 6.09. The van der Waals surface area contributed by atoms with Crippen LogP contribution < -0.4 is 4.74 Å². The smallest absolute Gasteiger partial charge is 0.148 e. The highest BCUT2D eigenvalue weighted by atomic mass is 16.5. The molecule has 30 heavy (non-hydrogen) atoms. The Kier molecular flexibility index (Phi) is 5.71. The lowest BCUT2D eigenvalue weighted by atomic mass is 9.87. The lowest BCUT2D eigenvalue weighted by Gasteiger charge is -2.19. The van der Waals surface area contributed by atoms with Crippen molar-refractivity contribution in [2.45, 2.75) is 39.3 Å². The second kappa shape index (κ2) is 8.58. The summed E-state index contributed by atoms with van der Waals surface area (Å²) in [6, 6.07) is 27.0. The van der Waals surface area contributed by atoms with Crippen LogP contribution in [0, 0.1) is 0 Å². The van der Waals surface area contributed by atoms with Crippen LogP contribution >= 0.6 is 0 Å².